The molecule has 0 saturated carbocycles. The molecule has 0 unspecified atom stereocenters. The molecule has 4 nitrogen and oxygen atoms in total. The second-order valence-electron chi connectivity index (χ2n) is 6.05. The van der Waals surface area contributed by atoms with Crippen molar-refractivity contribution in [3.8, 4) is 0 Å². The first-order chi connectivity index (χ1) is 12.7. The molecule has 0 aliphatic heterocycles. The Morgan fingerprint density at radius 3 is 2.62 bits per heavy atom. The summed E-state index contributed by atoms with van der Waals surface area (Å²) in [5.74, 6) is -0.146. The normalized spacial score (nSPS) is 11.0. The summed E-state index contributed by atoms with van der Waals surface area (Å²) in [5, 5.41) is 3.65. The van der Waals surface area contributed by atoms with Crippen LogP contribution in [0.4, 0.5) is 0 Å². The molecule has 0 spiro atoms. The number of halogens is 1. The molecule has 4 aromatic rings. The van der Waals surface area contributed by atoms with Gasteiger partial charge in [0.05, 0.1) is 11.8 Å². The Morgan fingerprint density at radius 2 is 1.81 bits per heavy atom. The first-order valence-corrected chi connectivity index (χ1v) is 8.72. The van der Waals surface area contributed by atoms with Crippen molar-refractivity contribution < 1.29 is 9.21 Å². The zero-order chi connectivity index (χ0) is 17.9. The molecule has 26 heavy (non-hydrogen) atoms. The molecule has 130 valence electrons. The maximum atomic E-state index is 12.8. The monoisotopic (exact) mass is 364 g/mol. The molecule has 0 bridgehead atoms. The van der Waals surface area contributed by atoms with Gasteiger partial charge in [0.2, 0.25) is 0 Å². The van der Waals surface area contributed by atoms with Crippen molar-refractivity contribution in [3.63, 3.8) is 0 Å². The maximum Gasteiger partial charge on any atom is 0.268 e. The van der Waals surface area contributed by atoms with Crippen LogP contribution in [0.3, 0.4) is 0 Å². The van der Waals surface area contributed by atoms with Crippen LogP contribution in [0.15, 0.2) is 77.4 Å². The summed E-state index contributed by atoms with van der Waals surface area (Å²) in [7, 11) is 0. The summed E-state index contributed by atoms with van der Waals surface area (Å²) >= 11 is 6.30. The molecule has 0 aliphatic carbocycles. The molecule has 2 heterocycles. The van der Waals surface area contributed by atoms with Crippen molar-refractivity contribution >= 4 is 28.6 Å². The number of nitrogens with zero attached hydrogens (tertiary/aromatic N) is 1. The Hall–Kier alpha value is -2.98. The fourth-order valence-corrected chi connectivity index (χ4v) is 3.20. The van der Waals surface area contributed by atoms with E-state index in [1.54, 1.807) is 12.3 Å². The fraction of sp³-hybridized carbons (Fsp3) is 0.0952. The van der Waals surface area contributed by atoms with Crippen LogP contribution in [0.25, 0.3) is 11.1 Å². The molecular weight excluding hydrogens is 348 g/mol. The number of carbonyl (C=O) groups excluding carboxylic acids is 1. The molecule has 4 rings (SSSR count). The van der Waals surface area contributed by atoms with E-state index < -0.39 is 0 Å². The number of benzene rings is 2. The van der Waals surface area contributed by atoms with Gasteiger partial charge in [-0.25, -0.2) is 0 Å². The van der Waals surface area contributed by atoms with Gasteiger partial charge in [0, 0.05) is 30.2 Å². The molecular formula is C21H17ClN2O2. The molecule has 0 atom stereocenters. The van der Waals surface area contributed by atoms with Gasteiger partial charge in [-0.3, -0.25) is 4.79 Å². The number of rotatable bonds is 5. The standard InChI is InChI=1S/C21H17ClN2O2/c22-17-9-5-4-8-16(17)14-24-18-10-11-26-20(18)12-19(24)21(25)23-13-15-6-2-1-3-7-15/h1-12H,13-14H2,(H,23,25). The minimum Gasteiger partial charge on any atom is -0.463 e. The Balaban J connectivity index is 1.63. The van der Waals surface area contributed by atoms with Gasteiger partial charge in [0.1, 0.15) is 5.69 Å². The first-order valence-electron chi connectivity index (χ1n) is 8.34. The third kappa shape index (κ3) is 3.24. The minimum absolute atomic E-state index is 0.146. The van der Waals surface area contributed by atoms with Crippen LogP contribution >= 0.6 is 11.6 Å². The van der Waals surface area contributed by atoms with E-state index in [4.69, 9.17) is 16.0 Å². The number of hydrogen-bond donors (Lipinski definition) is 1. The maximum absolute atomic E-state index is 12.8. The number of carbonyl (C=O) groups is 1. The number of furan rings is 1. The predicted molar refractivity (Wildman–Crippen MR) is 102 cm³/mol. The van der Waals surface area contributed by atoms with Crippen LogP contribution < -0.4 is 5.32 Å². The van der Waals surface area contributed by atoms with Crippen molar-refractivity contribution in [2.75, 3.05) is 0 Å². The van der Waals surface area contributed by atoms with Gasteiger partial charge in [-0.15, -0.1) is 0 Å². The highest BCUT2D eigenvalue weighted by Crippen LogP contribution is 2.25. The van der Waals surface area contributed by atoms with Gasteiger partial charge in [-0.2, -0.15) is 0 Å². The van der Waals surface area contributed by atoms with Gasteiger partial charge in [-0.05, 0) is 17.2 Å². The zero-order valence-electron chi connectivity index (χ0n) is 14.0. The number of hydrogen-bond acceptors (Lipinski definition) is 2. The van der Waals surface area contributed by atoms with E-state index in [1.165, 1.54) is 0 Å². The topological polar surface area (TPSA) is 47.2 Å². The van der Waals surface area contributed by atoms with Gasteiger partial charge >= 0.3 is 0 Å². The van der Waals surface area contributed by atoms with E-state index in [0.717, 1.165) is 16.6 Å². The number of fused-ring (bicyclic) bond motifs is 1. The van der Waals surface area contributed by atoms with Crippen molar-refractivity contribution in [1.29, 1.82) is 0 Å². The van der Waals surface area contributed by atoms with Crippen molar-refractivity contribution in [1.82, 2.24) is 9.88 Å². The van der Waals surface area contributed by atoms with Gasteiger partial charge in [0.25, 0.3) is 5.91 Å². The van der Waals surface area contributed by atoms with E-state index in [9.17, 15) is 4.79 Å². The second kappa shape index (κ2) is 7.10. The predicted octanol–water partition coefficient (Wildman–Crippen LogP) is 4.87. The Kier molecular flexibility index (Phi) is 4.50. The fourth-order valence-electron chi connectivity index (χ4n) is 3.00. The van der Waals surface area contributed by atoms with Crippen LogP contribution in [0.1, 0.15) is 21.6 Å². The SMILES string of the molecule is O=C(NCc1ccccc1)c1cc2occc2n1Cc1ccccc1Cl. The summed E-state index contributed by atoms with van der Waals surface area (Å²) in [6.07, 6.45) is 1.62. The smallest absolute Gasteiger partial charge is 0.268 e. The van der Waals surface area contributed by atoms with Crippen molar-refractivity contribution in [2.45, 2.75) is 13.1 Å². The van der Waals surface area contributed by atoms with Crippen LogP contribution in [0.2, 0.25) is 5.02 Å². The molecule has 0 fully saturated rings. The average Bonchev–Trinajstić information content (AvgIpc) is 3.25. The number of nitrogens with one attached hydrogen (secondary N) is 1. The van der Waals surface area contributed by atoms with Crippen LogP contribution in [-0.4, -0.2) is 10.5 Å². The summed E-state index contributed by atoms with van der Waals surface area (Å²) in [4.78, 5) is 12.8. The lowest BCUT2D eigenvalue weighted by molar-refractivity contribution is 0.0942. The van der Waals surface area contributed by atoms with Crippen LogP contribution in [0, 0.1) is 0 Å². The van der Waals surface area contributed by atoms with Gasteiger partial charge in [-0.1, -0.05) is 60.1 Å². The highest BCUT2D eigenvalue weighted by molar-refractivity contribution is 6.31. The lowest BCUT2D eigenvalue weighted by Crippen LogP contribution is -2.25. The molecule has 5 heteroatoms. The van der Waals surface area contributed by atoms with Gasteiger partial charge in [0.15, 0.2) is 5.58 Å². The third-order valence-corrected chi connectivity index (χ3v) is 4.71. The molecule has 0 saturated heterocycles. The Morgan fingerprint density at radius 1 is 1.04 bits per heavy atom. The highest BCUT2D eigenvalue weighted by Gasteiger charge is 2.18. The lowest BCUT2D eigenvalue weighted by Gasteiger charge is -2.12. The third-order valence-electron chi connectivity index (χ3n) is 4.34. The Labute approximate surface area is 156 Å². The number of aromatic nitrogens is 1. The van der Waals surface area contributed by atoms with E-state index in [1.807, 2.05) is 65.2 Å². The van der Waals surface area contributed by atoms with E-state index in [2.05, 4.69) is 5.32 Å². The minimum atomic E-state index is -0.146. The van der Waals surface area contributed by atoms with E-state index in [0.29, 0.717) is 29.4 Å². The average molecular weight is 365 g/mol. The summed E-state index contributed by atoms with van der Waals surface area (Å²) in [6, 6.07) is 21.1. The molecule has 2 aromatic heterocycles. The van der Waals surface area contributed by atoms with E-state index >= 15 is 0 Å². The zero-order valence-corrected chi connectivity index (χ0v) is 14.7. The largest absolute Gasteiger partial charge is 0.463 e. The second-order valence-corrected chi connectivity index (χ2v) is 6.45. The molecule has 1 N–H and O–H groups in total. The highest BCUT2D eigenvalue weighted by atomic mass is 35.5. The van der Waals surface area contributed by atoms with Crippen molar-refractivity contribution in [2.24, 2.45) is 0 Å². The molecule has 1 amide bonds. The van der Waals surface area contributed by atoms with Crippen LogP contribution in [0.5, 0.6) is 0 Å². The summed E-state index contributed by atoms with van der Waals surface area (Å²) in [5.41, 5.74) is 4.10. The quantitative estimate of drug-likeness (QED) is 0.549. The van der Waals surface area contributed by atoms with Gasteiger partial charge < -0.3 is 14.3 Å². The first kappa shape index (κ1) is 16.5. The lowest BCUT2D eigenvalue weighted by atomic mass is 10.2. The van der Waals surface area contributed by atoms with Crippen LogP contribution in [-0.2, 0) is 13.1 Å². The summed E-state index contributed by atoms with van der Waals surface area (Å²) in [6.45, 7) is 0.967. The summed E-state index contributed by atoms with van der Waals surface area (Å²) < 4.78 is 7.42. The molecule has 2 aromatic carbocycles. The Bertz CT molecular complexity index is 1050. The molecule has 0 aliphatic rings. The van der Waals surface area contributed by atoms with Crippen molar-refractivity contribution in [3.05, 3.63) is 94.8 Å². The number of amides is 1. The molecule has 0 radical (unpaired) electrons. The van der Waals surface area contributed by atoms with E-state index in [-0.39, 0.29) is 5.91 Å².